The highest BCUT2D eigenvalue weighted by molar-refractivity contribution is 5.93. The van der Waals surface area contributed by atoms with Crippen LogP contribution in [0.4, 0.5) is 5.69 Å². The van der Waals surface area contributed by atoms with Gasteiger partial charge in [-0.25, -0.2) is 0 Å². The standard InChI is InChI=1S/C16H23NO4/c1-4-5-10-20-13(2)16(18)17-14-6-8-15(9-7-14)21-12-11-19-3/h4,6-9,13H,1,5,10-12H2,2-3H3,(H,17,18). The third kappa shape index (κ3) is 6.92. The van der Waals surface area contributed by atoms with Gasteiger partial charge < -0.3 is 19.5 Å². The second kappa shape index (κ2) is 9.96. The average Bonchev–Trinajstić information content (AvgIpc) is 2.49. The number of amides is 1. The van der Waals surface area contributed by atoms with Crippen LogP contribution in [-0.4, -0.2) is 38.9 Å². The zero-order chi connectivity index (χ0) is 15.5. The van der Waals surface area contributed by atoms with E-state index in [1.807, 2.05) is 0 Å². The molecular formula is C16H23NO4. The number of hydrogen-bond donors (Lipinski definition) is 1. The lowest BCUT2D eigenvalue weighted by Crippen LogP contribution is -2.27. The zero-order valence-corrected chi connectivity index (χ0v) is 12.6. The predicted octanol–water partition coefficient (Wildman–Crippen LogP) is 2.63. The molecule has 0 saturated carbocycles. The van der Waals surface area contributed by atoms with Gasteiger partial charge >= 0.3 is 0 Å². The Hall–Kier alpha value is -1.85. The lowest BCUT2D eigenvalue weighted by atomic mass is 10.3. The molecule has 1 aromatic carbocycles. The van der Waals surface area contributed by atoms with Crippen LogP contribution in [0.5, 0.6) is 5.75 Å². The summed E-state index contributed by atoms with van der Waals surface area (Å²) in [4.78, 5) is 11.9. The number of hydrogen-bond acceptors (Lipinski definition) is 4. The SMILES string of the molecule is C=CCCOC(C)C(=O)Nc1ccc(OCCOC)cc1. The van der Waals surface area contributed by atoms with Crippen LogP contribution in [0.3, 0.4) is 0 Å². The Kier molecular flexibility index (Phi) is 8.16. The highest BCUT2D eigenvalue weighted by atomic mass is 16.5. The van der Waals surface area contributed by atoms with E-state index in [1.54, 1.807) is 44.4 Å². The Morgan fingerprint density at radius 3 is 2.62 bits per heavy atom. The van der Waals surface area contributed by atoms with E-state index < -0.39 is 6.10 Å². The van der Waals surface area contributed by atoms with Crippen LogP contribution in [0.2, 0.25) is 0 Å². The van der Waals surface area contributed by atoms with Gasteiger partial charge in [-0.1, -0.05) is 6.08 Å². The van der Waals surface area contributed by atoms with Crippen LogP contribution in [0.1, 0.15) is 13.3 Å². The van der Waals surface area contributed by atoms with Gasteiger partial charge in [0.1, 0.15) is 18.5 Å². The van der Waals surface area contributed by atoms with E-state index in [-0.39, 0.29) is 5.91 Å². The molecule has 1 N–H and O–H groups in total. The van der Waals surface area contributed by atoms with E-state index in [1.165, 1.54) is 0 Å². The Morgan fingerprint density at radius 2 is 2.00 bits per heavy atom. The van der Waals surface area contributed by atoms with Crippen molar-refractivity contribution in [2.75, 3.05) is 32.2 Å². The molecule has 0 heterocycles. The van der Waals surface area contributed by atoms with Gasteiger partial charge in [0.25, 0.3) is 5.91 Å². The molecule has 0 aliphatic carbocycles. The molecular weight excluding hydrogens is 270 g/mol. The monoisotopic (exact) mass is 293 g/mol. The van der Waals surface area contributed by atoms with Crippen LogP contribution in [0.25, 0.3) is 0 Å². The number of carbonyl (C=O) groups excluding carboxylic acids is 1. The summed E-state index contributed by atoms with van der Waals surface area (Å²) in [6, 6.07) is 7.18. The Balaban J connectivity index is 2.39. The van der Waals surface area contributed by atoms with E-state index in [0.717, 1.165) is 12.2 Å². The van der Waals surface area contributed by atoms with E-state index in [4.69, 9.17) is 14.2 Å². The third-order valence-electron chi connectivity index (χ3n) is 2.74. The quantitative estimate of drug-likeness (QED) is 0.532. The number of rotatable bonds is 10. The minimum absolute atomic E-state index is 0.174. The summed E-state index contributed by atoms with van der Waals surface area (Å²) in [5.74, 6) is 0.562. The predicted molar refractivity (Wildman–Crippen MR) is 82.7 cm³/mol. The molecule has 0 saturated heterocycles. The van der Waals surface area contributed by atoms with Crippen molar-refractivity contribution in [2.45, 2.75) is 19.4 Å². The van der Waals surface area contributed by atoms with E-state index >= 15 is 0 Å². The minimum Gasteiger partial charge on any atom is -0.491 e. The normalized spacial score (nSPS) is 11.7. The molecule has 0 radical (unpaired) electrons. The van der Waals surface area contributed by atoms with E-state index in [2.05, 4.69) is 11.9 Å². The maximum absolute atomic E-state index is 11.9. The molecule has 21 heavy (non-hydrogen) atoms. The fourth-order valence-electron chi connectivity index (χ4n) is 1.53. The average molecular weight is 293 g/mol. The lowest BCUT2D eigenvalue weighted by molar-refractivity contribution is -0.126. The molecule has 0 bridgehead atoms. The molecule has 0 aromatic heterocycles. The van der Waals surface area contributed by atoms with Crippen LogP contribution >= 0.6 is 0 Å². The maximum atomic E-state index is 11.9. The van der Waals surface area contributed by atoms with Gasteiger partial charge in [-0.2, -0.15) is 0 Å². The van der Waals surface area contributed by atoms with Crippen molar-refractivity contribution in [1.29, 1.82) is 0 Å². The van der Waals surface area contributed by atoms with Gasteiger partial charge in [-0.3, -0.25) is 4.79 Å². The zero-order valence-electron chi connectivity index (χ0n) is 12.6. The second-order valence-electron chi connectivity index (χ2n) is 4.45. The van der Waals surface area contributed by atoms with Gasteiger partial charge in [0.05, 0.1) is 13.2 Å². The van der Waals surface area contributed by atoms with Gasteiger partial charge in [-0.15, -0.1) is 6.58 Å². The summed E-state index contributed by atoms with van der Waals surface area (Å²) in [7, 11) is 1.63. The smallest absolute Gasteiger partial charge is 0.253 e. The Labute approximate surface area is 125 Å². The van der Waals surface area contributed by atoms with E-state index in [0.29, 0.717) is 25.5 Å². The van der Waals surface area contributed by atoms with Gasteiger partial charge in [0.2, 0.25) is 0 Å². The Morgan fingerprint density at radius 1 is 1.29 bits per heavy atom. The van der Waals surface area contributed by atoms with Crippen molar-refractivity contribution in [2.24, 2.45) is 0 Å². The minimum atomic E-state index is -0.498. The molecule has 1 rings (SSSR count). The Bertz CT molecular complexity index is 430. The second-order valence-corrected chi connectivity index (χ2v) is 4.45. The number of methoxy groups -OCH3 is 1. The number of carbonyl (C=O) groups is 1. The molecule has 1 aromatic rings. The molecule has 1 amide bonds. The van der Waals surface area contributed by atoms with Crippen LogP contribution < -0.4 is 10.1 Å². The molecule has 0 fully saturated rings. The first-order chi connectivity index (χ1) is 10.2. The topological polar surface area (TPSA) is 56.8 Å². The summed E-state index contributed by atoms with van der Waals surface area (Å²) in [6.07, 6.45) is 1.99. The molecule has 0 aliphatic heterocycles. The number of ether oxygens (including phenoxy) is 3. The number of anilines is 1. The number of benzene rings is 1. The molecule has 0 spiro atoms. The van der Waals surface area contributed by atoms with Crippen molar-refractivity contribution in [3.8, 4) is 5.75 Å². The first-order valence-electron chi connectivity index (χ1n) is 6.92. The molecule has 116 valence electrons. The van der Waals surface area contributed by atoms with Crippen molar-refractivity contribution in [1.82, 2.24) is 0 Å². The largest absolute Gasteiger partial charge is 0.491 e. The summed E-state index contributed by atoms with van der Waals surface area (Å²) < 4.78 is 15.7. The highest BCUT2D eigenvalue weighted by Crippen LogP contribution is 2.16. The summed E-state index contributed by atoms with van der Waals surface area (Å²) in [5, 5.41) is 2.79. The number of nitrogens with one attached hydrogen (secondary N) is 1. The third-order valence-corrected chi connectivity index (χ3v) is 2.74. The molecule has 1 unspecified atom stereocenters. The lowest BCUT2D eigenvalue weighted by Gasteiger charge is -2.13. The van der Waals surface area contributed by atoms with Crippen molar-refractivity contribution in [3.63, 3.8) is 0 Å². The van der Waals surface area contributed by atoms with Gasteiger partial charge in [0.15, 0.2) is 0 Å². The van der Waals surface area contributed by atoms with Gasteiger partial charge in [-0.05, 0) is 37.6 Å². The first kappa shape index (κ1) is 17.2. The fourth-order valence-corrected chi connectivity index (χ4v) is 1.53. The molecule has 1 atom stereocenters. The van der Waals surface area contributed by atoms with Crippen LogP contribution in [0.15, 0.2) is 36.9 Å². The summed E-state index contributed by atoms with van der Waals surface area (Å²) in [6.45, 7) is 6.85. The fraction of sp³-hybridized carbons (Fsp3) is 0.438. The summed E-state index contributed by atoms with van der Waals surface area (Å²) in [5.41, 5.74) is 0.707. The van der Waals surface area contributed by atoms with E-state index in [9.17, 15) is 4.79 Å². The highest BCUT2D eigenvalue weighted by Gasteiger charge is 2.12. The molecule has 5 heteroatoms. The van der Waals surface area contributed by atoms with Crippen molar-refractivity contribution in [3.05, 3.63) is 36.9 Å². The molecule has 5 nitrogen and oxygen atoms in total. The first-order valence-corrected chi connectivity index (χ1v) is 6.92. The van der Waals surface area contributed by atoms with Crippen molar-refractivity contribution < 1.29 is 19.0 Å². The summed E-state index contributed by atoms with van der Waals surface area (Å²) >= 11 is 0. The van der Waals surface area contributed by atoms with Gasteiger partial charge in [0, 0.05) is 12.8 Å². The van der Waals surface area contributed by atoms with Crippen LogP contribution in [0, 0.1) is 0 Å². The van der Waals surface area contributed by atoms with Crippen molar-refractivity contribution >= 4 is 11.6 Å². The van der Waals surface area contributed by atoms with Crippen LogP contribution in [-0.2, 0) is 14.3 Å². The molecule has 0 aliphatic rings. The maximum Gasteiger partial charge on any atom is 0.253 e.